The molecule has 0 amide bonds. The van der Waals surface area contributed by atoms with E-state index >= 15 is 0 Å². The van der Waals surface area contributed by atoms with Crippen molar-refractivity contribution >= 4 is 16.2 Å². The molecule has 0 aromatic carbocycles. The molecule has 0 saturated carbocycles. The molecule has 3 N–H and O–H groups in total. The van der Waals surface area contributed by atoms with Crippen molar-refractivity contribution in [3.63, 3.8) is 0 Å². The molecule has 0 aliphatic heterocycles. The van der Waals surface area contributed by atoms with Gasteiger partial charge in [0.15, 0.2) is 0 Å². The monoisotopic (exact) mass is 252 g/mol. The van der Waals surface area contributed by atoms with E-state index in [2.05, 4.69) is 4.72 Å². The summed E-state index contributed by atoms with van der Waals surface area (Å²) >= 11 is 0. The molecule has 0 fully saturated rings. The van der Waals surface area contributed by atoms with E-state index in [1.165, 1.54) is 0 Å². The first-order valence-electron chi connectivity index (χ1n) is 4.95. The van der Waals surface area contributed by atoms with E-state index in [1.54, 1.807) is 34.6 Å². The maximum atomic E-state index is 11.7. The molecule has 0 bridgehead atoms. The summed E-state index contributed by atoms with van der Waals surface area (Å²) in [4.78, 5) is 11.7. The molecule has 96 valence electrons. The maximum absolute atomic E-state index is 11.7. The second kappa shape index (κ2) is 5.11. The van der Waals surface area contributed by atoms with Crippen LogP contribution in [0.15, 0.2) is 0 Å². The van der Waals surface area contributed by atoms with Gasteiger partial charge in [-0.15, -0.1) is 0 Å². The normalized spacial score (nSPS) is 14.9. The topological polar surface area (TPSA) is 98.5 Å². The van der Waals surface area contributed by atoms with Gasteiger partial charge in [0.1, 0.15) is 11.6 Å². The highest BCUT2D eigenvalue weighted by Gasteiger charge is 2.30. The van der Waals surface area contributed by atoms with Crippen LogP contribution >= 0.6 is 0 Å². The van der Waals surface area contributed by atoms with Crippen LogP contribution in [0.3, 0.4) is 0 Å². The number of esters is 1. The minimum atomic E-state index is -3.92. The number of carbonyl (C=O) groups is 1. The lowest BCUT2D eigenvalue weighted by Crippen LogP contribution is -2.49. The summed E-state index contributed by atoms with van der Waals surface area (Å²) in [5.74, 6) is -0.871. The third-order valence-corrected chi connectivity index (χ3v) is 2.20. The van der Waals surface area contributed by atoms with E-state index in [0.717, 1.165) is 0 Å². The van der Waals surface area contributed by atoms with Gasteiger partial charge in [-0.3, -0.25) is 4.79 Å². The molecule has 0 spiro atoms. The first-order chi connectivity index (χ1) is 6.92. The average Bonchev–Trinajstić information content (AvgIpc) is 1.94. The first kappa shape index (κ1) is 15.3. The number of rotatable bonds is 4. The molecule has 1 atom stereocenters. The Balaban J connectivity index is 4.75. The number of hydrogen-bond acceptors (Lipinski definition) is 4. The highest BCUT2D eigenvalue weighted by Crippen LogP contribution is 2.12. The van der Waals surface area contributed by atoms with Gasteiger partial charge in [-0.25, -0.2) is 5.14 Å². The molecule has 0 aromatic heterocycles. The van der Waals surface area contributed by atoms with Crippen LogP contribution in [0.5, 0.6) is 0 Å². The lowest BCUT2D eigenvalue weighted by Gasteiger charge is -2.25. The Hall–Kier alpha value is -0.660. The van der Waals surface area contributed by atoms with Crippen molar-refractivity contribution in [3.8, 4) is 0 Å². The molecule has 0 aromatic rings. The van der Waals surface area contributed by atoms with Crippen molar-refractivity contribution in [3.05, 3.63) is 0 Å². The number of nitrogens with one attached hydrogen (secondary N) is 1. The predicted molar refractivity (Wildman–Crippen MR) is 60.7 cm³/mol. The molecule has 16 heavy (non-hydrogen) atoms. The summed E-state index contributed by atoms with van der Waals surface area (Å²) in [5.41, 5.74) is -0.662. The zero-order valence-electron chi connectivity index (χ0n) is 10.3. The average molecular weight is 252 g/mol. The van der Waals surface area contributed by atoms with Crippen LogP contribution in [0.1, 0.15) is 34.6 Å². The maximum Gasteiger partial charge on any atom is 0.325 e. The van der Waals surface area contributed by atoms with E-state index in [-0.39, 0.29) is 5.92 Å². The smallest absolute Gasteiger partial charge is 0.325 e. The van der Waals surface area contributed by atoms with E-state index in [9.17, 15) is 13.2 Å². The van der Waals surface area contributed by atoms with E-state index in [1.807, 2.05) is 0 Å². The van der Waals surface area contributed by atoms with Crippen molar-refractivity contribution in [2.45, 2.75) is 46.3 Å². The van der Waals surface area contributed by atoms with Crippen LogP contribution in [-0.4, -0.2) is 26.0 Å². The lowest BCUT2D eigenvalue weighted by molar-refractivity contribution is -0.158. The standard InChI is InChI=1S/C9H20N2O4S/c1-6(2)7(11-16(10,13)14)8(12)15-9(3,4)5/h6-7,11H,1-5H3,(H2,10,13,14)/t7-/m0/s1. The highest BCUT2D eigenvalue weighted by molar-refractivity contribution is 7.87. The second-order valence-corrected chi connectivity index (χ2v) is 6.24. The highest BCUT2D eigenvalue weighted by atomic mass is 32.2. The van der Waals surface area contributed by atoms with Gasteiger partial charge in [0, 0.05) is 0 Å². The molecule has 0 aliphatic rings. The molecule has 0 unspecified atom stereocenters. The van der Waals surface area contributed by atoms with E-state index in [4.69, 9.17) is 9.88 Å². The molecule has 7 heteroatoms. The fourth-order valence-electron chi connectivity index (χ4n) is 0.999. The zero-order chi connectivity index (χ0) is 13.1. The Morgan fingerprint density at radius 3 is 2.00 bits per heavy atom. The Bertz CT molecular complexity index is 343. The van der Waals surface area contributed by atoms with Crippen LogP contribution in [-0.2, 0) is 19.7 Å². The third-order valence-electron chi connectivity index (χ3n) is 1.62. The molecule has 0 rings (SSSR count). The first-order valence-corrected chi connectivity index (χ1v) is 6.50. The number of carbonyl (C=O) groups excluding carboxylic acids is 1. The minimum Gasteiger partial charge on any atom is -0.459 e. The van der Waals surface area contributed by atoms with E-state index in [0.29, 0.717) is 0 Å². The molecule has 0 saturated heterocycles. The number of hydrogen-bond donors (Lipinski definition) is 2. The number of ether oxygens (including phenoxy) is 1. The fraction of sp³-hybridized carbons (Fsp3) is 0.889. The molecule has 0 radical (unpaired) electrons. The van der Waals surface area contributed by atoms with Crippen LogP contribution in [0.4, 0.5) is 0 Å². The molecule has 0 aliphatic carbocycles. The van der Waals surface area contributed by atoms with Crippen molar-refractivity contribution in [2.75, 3.05) is 0 Å². The minimum absolute atomic E-state index is 0.242. The van der Waals surface area contributed by atoms with Crippen molar-refractivity contribution in [1.82, 2.24) is 4.72 Å². The molecule has 0 heterocycles. The Labute approximate surface area is 96.7 Å². The van der Waals surface area contributed by atoms with Crippen molar-refractivity contribution in [1.29, 1.82) is 0 Å². The zero-order valence-corrected chi connectivity index (χ0v) is 11.1. The van der Waals surface area contributed by atoms with Crippen molar-refractivity contribution in [2.24, 2.45) is 11.1 Å². The predicted octanol–water partition coefficient (Wildman–Crippen LogP) is 0.146. The molecular formula is C9H20N2O4S. The lowest BCUT2D eigenvalue weighted by atomic mass is 10.1. The SMILES string of the molecule is CC(C)[C@H](NS(N)(=O)=O)C(=O)OC(C)(C)C. The Kier molecular flexibility index (Phi) is 4.90. The Morgan fingerprint density at radius 2 is 1.75 bits per heavy atom. The summed E-state index contributed by atoms with van der Waals surface area (Å²) in [7, 11) is -3.92. The summed E-state index contributed by atoms with van der Waals surface area (Å²) < 4.78 is 28.9. The summed E-state index contributed by atoms with van der Waals surface area (Å²) in [6.07, 6.45) is 0. The summed E-state index contributed by atoms with van der Waals surface area (Å²) in [6.45, 7) is 8.53. The van der Waals surface area contributed by atoms with Gasteiger partial charge < -0.3 is 4.74 Å². The van der Waals surface area contributed by atoms with Gasteiger partial charge in [-0.05, 0) is 26.7 Å². The summed E-state index contributed by atoms with van der Waals surface area (Å²) in [5, 5.41) is 4.83. The van der Waals surface area contributed by atoms with Gasteiger partial charge in [0.25, 0.3) is 10.2 Å². The largest absolute Gasteiger partial charge is 0.459 e. The second-order valence-electron chi connectivity index (χ2n) is 4.92. The van der Waals surface area contributed by atoms with Gasteiger partial charge in [-0.2, -0.15) is 13.1 Å². The van der Waals surface area contributed by atoms with Gasteiger partial charge in [-0.1, -0.05) is 13.8 Å². The van der Waals surface area contributed by atoms with Crippen molar-refractivity contribution < 1.29 is 17.9 Å². The van der Waals surface area contributed by atoms with Crippen LogP contribution in [0.25, 0.3) is 0 Å². The summed E-state index contributed by atoms with van der Waals surface area (Å²) in [6, 6.07) is -0.964. The van der Waals surface area contributed by atoms with Crippen LogP contribution < -0.4 is 9.86 Å². The quantitative estimate of drug-likeness (QED) is 0.695. The molecule has 6 nitrogen and oxygen atoms in total. The van der Waals surface area contributed by atoms with Gasteiger partial charge in [0.2, 0.25) is 0 Å². The fourth-order valence-corrected chi connectivity index (χ4v) is 1.72. The number of nitrogens with two attached hydrogens (primary N) is 1. The van der Waals surface area contributed by atoms with Crippen LogP contribution in [0, 0.1) is 5.92 Å². The van der Waals surface area contributed by atoms with Crippen LogP contribution in [0.2, 0.25) is 0 Å². The van der Waals surface area contributed by atoms with E-state index < -0.39 is 27.8 Å². The van der Waals surface area contributed by atoms with Gasteiger partial charge >= 0.3 is 5.97 Å². The Morgan fingerprint density at radius 1 is 1.31 bits per heavy atom. The third kappa shape index (κ3) is 6.76. The molecular weight excluding hydrogens is 232 g/mol. The van der Waals surface area contributed by atoms with Gasteiger partial charge in [0.05, 0.1) is 0 Å².